The van der Waals surface area contributed by atoms with Crippen molar-refractivity contribution in [3.8, 4) is 22.6 Å². The minimum Gasteiger partial charge on any atom is -0.496 e. The fourth-order valence-electron chi connectivity index (χ4n) is 2.69. The van der Waals surface area contributed by atoms with Crippen LogP contribution in [-0.2, 0) is 12.8 Å². The Labute approximate surface area is 153 Å². The van der Waals surface area contributed by atoms with Crippen LogP contribution in [-0.4, -0.2) is 23.7 Å². The van der Waals surface area contributed by atoms with E-state index in [4.69, 9.17) is 9.15 Å². The molecule has 3 aromatic rings. The predicted octanol–water partition coefficient (Wildman–Crippen LogP) is 4.74. The third kappa shape index (κ3) is 4.99. The van der Waals surface area contributed by atoms with E-state index in [1.54, 1.807) is 13.0 Å². The number of hydrogen-bond acceptors (Lipinski definition) is 5. The normalized spacial score (nSPS) is 11.4. The Kier molecular flexibility index (Phi) is 5.34. The molecule has 0 amide bonds. The monoisotopic (exact) mass is 378 g/mol. The third-order valence-electron chi connectivity index (χ3n) is 3.84. The number of hydrogen-bond donors (Lipinski definition) is 0. The van der Waals surface area contributed by atoms with E-state index in [9.17, 15) is 13.2 Å². The summed E-state index contributed by atoms with van der Waals surface area (Å²) in [5, 5.41) is 7.76. The van der Waals surface area contributed by atoms with Crippen LogP contribution in [0.1, 0.15) is 17.3 Å². The van der Waals surface area contributed by atoms with Crippen LogP contribution in [0.25, 0.3) is 11.1 Å². The average Bonchev–Trinajstić information content (AvgIpc) is 3.04. The molecule has 0 aliphatic heterocycles. The zero-order valence-electron chi connectivity index (χ0n) is 14.7. The molecule has 8 heteroatoms. The van der Waals surface area contributed by atoms with Crippen LogP contribution >= 0.6 is 0 Å². The second-order valence-corrected chi connectivity index (χ2v) is 5.83. The summed E-state index contributed by atoms with van der Waals surface area (Å²) >= 11 is 0. The summed E-state index contributed by atoms with van der Waals surface area (Å²) in [6, 6.07) is 11.7. The molecule has 0 saturated heterocycles. The van der Waals surface area contributed by atoms with Gasteiger partial charge in [0, 0.05) is 25.0 Å². The van der Waals surface area contributed by atoms with Crippen molar-refractivity contribution in [3.63, 3.8) is 0 Å². The van der Waals surface area contributed by atoms with Crippen molar-refractivity contribution < 1.29 is 27.1 Å². The fraction of sp³-hybridized carbons (Fsp3) is 0.263. The molecule has 1 aromatic heterocycles. The molecule has 27 heavy (non-hydrogen) atoms. The number of methoxy groups -OCH3 is 1. The number of nitrogens with zero attached hydrogens (tertiary/aromatic N) is 2. The lowest BCUT2D eigenvalue weighted by Crippen LogP contribution is -2.17. The fourth-order valence-corrected chi connectivity index (χ4v) is 2.69. The van der Waals surface area contributed by atoms with Crippen LogP contribution < -0.4 is 9.47 Å². The molecule has 0 N–H and O–H groups in total. The van der Waals surface area contributed by atoms with E-state index < -0.39 is 6.36 Å². The van der Waals surface area contributed by atoms with Crippen molar-refractivity contribution in [1.29, 1.82) is 0 Å². The number of aromatic nitrogens is 2. The van der Waals surface area contributed by atoms with E-state index in [2.05, 4.69) is 14.9 Å². The summed E-state index contributed by atoms with van der Waals surface area (Å²) in [5.74, 6) is 1.04. The highest BCUT2D eigenvalue weighted by Crippen LogP contribution is 2.35. The van der Waals surface area contributed by atoms with E-state index in [-0.39, 0.29) is 5.75 Å². The smallest absolute Gasteiger partial charge is 0.496 e. The molecule has 0 spiro atoms. The highest BCUT2D eigenvalue weighted by molar-refractivity contribution is 5.72. The first-order chi connectivity index (χ1) is 12.8. The number of aryl methyl sites for hydroxylation is 3. The van der Waals surface area contributed by atoms with E-state index in [1.807, 2.05) is 24.3 Å². The maximum atomic E-state index is 12.4. The van der Waals surface area contributed by atoms with E-state index >= 15 is 0 Å². The van der Waals surface area contributed by atoms with Gasteiger partial charge in [-0.25, -0.2) is 0 Å². The highest BCUT2D eigenvalue weighted by Gasteiger charge is 2.31. The summed E-state index contributed by atoms with van der Waals surface area (Å²) < 4.78 is 51.8. The maximum absolute atomic E-state index is 12.4. The van der Waals surface area contributed by atoms with Crippen LogP contribution in [0.15, 0.2) is 46.9 Å². The molecule has 0 saturated carbocycles. The first-order valence-electron chi connectivity index (χ1n) is 8.16. The molecule has 142 valence electrons. The molecule has 3 rings (SSSR count). The number of benzene rings is 2. The molecule has 0 fully saturated rings. The van der Waals surface area contributed by atoms with Gasteiger partial charge in [0.1, 0.15) is 11.5 Å². The SMILES string of the molecule is COc1cc(OC(F)(F)F)ccc1-c1cccc(CCc2nnc(C)o2)c1. The van der Waals surface area contributed by atoms with Gasteiger partial charge in [0.25, 0.3) is 0 Å². The molecule has 5 nitrogen and oxygen atoms in total. The third-order valence-corrected chi connectivity index (χ3v) is 3.84. The summed E-state index contributed by atoms with van der Waals surface area (Å²) in [4.78, 5) is 0. The predicted molar refractivity (Wildman–Crippen MR) is 91.6 cm³/mol. The molecule has 0 aliphatic rings. The first kappa shape index (κ1) is 18.8. The Morgan fingerprint density at radius 2 is 1.85 bits per heavy atom. The lowest BCUT2D eigenvalue weighted by Gasteiger charge is -2.13. The van der Waals surface area contributed by atoms with Gasteiger partial charge in [0.2, 0.25) is 11.8 Å². The Morgan fingerprint density at radius 1 is 1.04 bits per heavy atom. The minimum absolute atomic E-state index is 0.293. The van der Waals surface area contributed by atoms with Gasteiger partial charge in [-0.1, -0.05) is 24.3 Å². The number of alkyl halides is 3. The summed E-state index contributed by atoms with van der Waals surface area (Å²) in [6.45, 7) is 1.73. The number of ether oxygens (including phenoxy) is 2. The van der Waals surface area contributed by atoms with Gasteiger partial charge in [0.05, 0.1) is 7.11 Å². The van der Waals surface area contributed by atoms with Gasteiger partial charge in [0.15, 0.2) is 0 Å². The largest absolute Gasteiger partial charge is 0.573 e. The van der Waals surface area contributed by atoms with Gasteiger partial charge in [-0.2, -0.15) is 0 Å². The van der Waals surface area contributed by atoms with Gasteiger partial charge in [-0.3, -0.25) is 0 Å². The van der Waals surface area contributed by atoms with Crippen molar-refractivity contribution in [3.05, 3.63) is 59.8 Å². The molecule has 1 heterocycles. The van der Waals surface area contributed by atoms with Gasteiger partial charge in [-0.05, 0) is 29.7 Å². The van der Waals surface area contributed by atoms with Crippen molar-refractivity contribution in [1.82, 2.24) is 10.2 Å². The maximum Gasteiger partial charge on any atom is 0.573 e. The van der Waals surface area contributed by atoms with Crippen molar-refractivity contribution in [2.75, 3.05) is 7.11 Å². The Morgan fingerprint density at radius 3 is 2.52 bits per heavy atom. The number of halogens is 3. The lowest BCUT2D eigenvalue weighted by atomic mass is 10.00. The molecule has 0 atom stereocenters. The van der Waals surface area contributed by atoms with Crippen molar-refractivity contribution in [2.45, 2.75) is 26.1 Å². The van der Waals surface area contributed by atoms with Crippen molar-refractivity contribution in [2.24, 2.45) is 0 Å². The zero-order chi connectivity index (χ0) is 19.4. The second kappa shape index (κ2) is 7.69. The van der Waals surface area contributed by atoms with E-state index in [0.717, 1.165) is 11.1 Å². The van der Waals surface area contributed by atoms with E-state index in [1.165, 1.54) is 19.2 Å². The Balaban J connectivity index is 1.81. The van der Waals surface area contributed by atoms with Crippen LogP contribution in [0.5, 0.6) is 11.5 Å². The lowest BCUT2D eigenvalue weighted by molar-refractivity contribution is -0.274. The summed E-state index contributed by atoms with van der Waals surface area (Å²) in [5.41, 5.74) is 2.52. The Hall–Kier alpha value is -3.03. The molecule has 0 unspecified atom stereocenters. The van der Waals surface area contributed by atoms with Gasteiger partial charge in [-0.15, -0.1) is 23.4 Å². The topological polar surface area (TPSA) is 57.4 Å². The molecule has 0 aliphatic carbocycles. The van der Waals surface area contributed by atoms with Crippen molar-refractivity contribution >= 4 is 0 Å². The standard InChI is InChI=1S/C19H17F3N2O3/c1-12-23-24-18(26-12)9-6-13-4-3-5-14(10-13)16-8-7-15(11-17(16)25-2)27-19(20,21)22/h3-5,7-8,10-11H,6,9H2,1-2H3. The zero-order valence-corrected chi connectivity index (χ0v) is 14.7. The molecule has 0 radical (unpaired) electrons. The van der Waals surface area contributed by atoms with E-state index in [0.29, 0.717) is 35.9 Å². The number of rotatable bonds is 6. The molecular weight excluding hydrogens is 361 g/mol. The molecular formula is C19H17F3N2O3. The van der Waals surface area contributed by atoms with Gasteiger partial charge < -0.3 is 13.9 Å². The Bertz CT molecular complexity index is 923. The quantitative estimate of drug-likeness (QED) is 0.620. The minimum atomic E-state index is -4.75. The highest BCUT2D eigenvalue weighted by atomic mass is 19.4. The van der Waals surface area contributed by atoms with Crippen LogP contribution in [0, 0.1) is 6.92 Å². The molecule has 2 aromatic carbocycles. The van der Waals surface area contributed by atoms with Crippen LogP contribution in [0.3, 0.4) is 0 Å². The van der Waals surface area contributed by atoms with Crippen LogP contribution in [0.2, 0.25) is 0 Å². The summed E-state index contributed by atoms with van der Waals surface area (Å²) in [7, 11) is 1.40. The molecule has 0 bridgehead atoms. The van der Waals surface area contributed by atoms with Gasteiger partial charge >= 0.3 is 6.36 Å². The first-order valence-corrected chi connectivity index (χ1v) is 8.16. The second-order valence-electron chi connectivity index (χ2n) is 5.83. The van der Waals surface area contributed by atoms with Crippen LogP contribution in [0.4, 0.5) is 13.2 Å². The summed E-state index contributed by atoms with van der Waals surface area (Å²) in [6.07, 6.45) is -3.47. The average molecular weight is 378 g/mol.